The van der Waals surface area contributed by atoms with Crippen LogP contribution >= 0.6 is 39.0 Å². The standard InChI is InChI=1S/C9H9BrN2OS2/c1-2-6-3-4-7(13-6)5-14-9-12-11-8(10)15-9/h3-4H,2,5H2,1H3. The summed E-state index contributed by atoms with van der Waals surface area (Å²) in [6.07, 6.45) is 0.940. The van der Waals surface area contributed by atoms with Gasteiger partial charge < -0.3 is 4.42 Å². The first-order valence-corrected chi connectivity index (χ1v) is 7.07. The van der Waals surface area contributed by atoms with Crippen LogP contribution in [0.4, 0.5) is 0 Å². The lowest BCUT2D eigenvalue weighted by atomic mass is 10.4. The zero-order valence-electron chi connectivity index (χ0n) is 8.07. The Hall–Kier alpha value is -0.330. The van der Waals surface area contributed by atoms with Gasteiger partial charge >= 0.3 is 0 Å². The van der Waals surface area contributed by atoms with Crippen LogP contribution in [0, 0.1) is 0 Å². The number of aromatic nitrogens is 2. The van der Waals surface area contributed by atoms with Crippen molar-refractivity contribution < 1.29 is 4.42 Å². The first-order chi connectivity index (χ1) is 7.28. The number of rotatable bonds is 4. The minimum absolute atomic E-state index is 0.807. The molecule has 0 aliphatic rings. The molecule has 3 nitrogen and oxygen atoms in total. The summed E-state index contributed by atoms with van der Waals surface area (Å²) >= 11 is 6.46. The number of aryl methyl sites for hydroxylation is 1. The molecular formula is C9H9BrN2OS2. The molecule has 2 aromatic rings. The van der Waals surface area contributed by atoms with Gasteiger partial charge in [-0.05, 0) is 28.1 Å². The van der Waals surface area contributed by atoms with E-state index in [1.165, 1.54) is 11.3 Å². The molecule has 0 radical (unpaired) electrons. The monoisotopic (exact) mass is 304 g/mol. The summed E-state index contributed by atoms with van der Waals surface area (Å²) in [5, 5.41) is 7.88. The third-order valence-electron chi connectivity index (χ3n) is 1.79. The summed E-state index contributed by atoms with van der Waals surface area (Å²) in [6, 6.07) is 4.04. The molecule has 2 aromatic heterocycles. The van der Waals surface area contributed by atoms with Crippen molar-refractivity contribution in [3.63, 3.8) is 0 Å². The van der Waals surface area contributed by atoms with Crippen LogP contribution in [-0.2, 0) is 12.2 Å². The maximum Gasteiger partial charge on any atom is 0.184 e. The van der Waals surface area contributed by atoms with E-state index in [1.54, 1.807) is 11.8 Å². The molecular weight excluding hydrogens is 296 g/mol. The van der Waals surface area contributed by atoms with Crippen molar-refractivity contribution in [1.29, 1.82) is 0 Å². The van der Waals surface area contributed by atoms with Crippen molar-refractivity contribution in [2.75, 3.05) is 0 Å². The van der Waals surface area contributed by atoms with Crippen LogP contribution in [0.3, 0.4) is 0 Å². The molecule has 0 aliphatic carbocycles. The smallest absolute Gasteiger partial charge is 0.184 e. The highest BCUT2D eigenvalue weighted by Crippen LogP contribution is 2.28. The normalized spacial score (nSPS) is 10.8. The largest absolute Gasteiger partial charge is 0.465 e. The van der Waals surface area contributed by atoms with Gasteiger partial charge in [-0.2, -0.15) is 0 Å². The van der Waals surface area contributed by atoms with E-state index in [4.69, 9.17) is 4.42 Å². The number of halogens is 1. The van der Waals surface area contributed by atoms with Gasteiger partial charge in [0.1, 0.15) is 11.5 Å². The second-order valence-corrected chi connectivity index (χ2v) is 6.31. The minimum Gasteiger partial charge on any atom is -0.465 e. The quantitative estimate of drug-likeness (QED) is 0.807. The lowest BCUT2D eigenvalue weighted by Gasteiger charge is -1.92. The van der Waals surface area contributed by atoms with Crippen molar-refractivity contribution in [1.82, 2.24) is 10.2 Å². The van der Waals surface area contributed by atoms with Crippen molar-refractivity contribution in [3.05, 3.63) is 27.6 Å². The highest BCUT2D eigenvalue weighted by molar-refractivity contribution is 9.11. The Labute approximate surface area is 104 Å². The van der Waals surface area contributed by atoms with Gasteiger partial charge in [-0.1, -0.05) is 30.0 Å². The van der Waals surface area contributed by atoms with Crippen LogP contribution in [0.15, 0.2) is 24.8 Å². The summed E-state index contributed by atoms with van der Waals surface area (Å²) in [5.41, 5.74) is 0. The molecule has 0 saturated carbocycles. The fourth-order valence-corrected chi connectivity index (χ4v) is 3.41. The number of hydrogen-bond acceptors (Lipinski definition) is 5. The van der Waals surface area contributed by atoms with Crippen LogP contribution in [0.1, 0.15) is 18.4 Å². The summed E-state index contributed by atoms with van der Waals surface area (Å²) < 4.78 is 7.36. The molecule has 0 aliphatic heterocycles. The third-order valence-corrected chi connectivity index (χ3v) is 4.30. The van der Waals surface area contributed by atoms with Gasteiger partial charge in [0.2, 0.25) is 0 Å². The molecule has 0 unspecified atom stereocenters. The molecule has 6 heteroatoms. The van der Waals surface area contributed by atoms with Crippen LogP contribution in [0.2, 0.25) is 0 Å². The average molecular weight is 305 g/mol. The number of hydrogen-bond donors (Lipinski definition) is 0. The van der Waals surface area contributed by atoms with E-state index in [0.717, 1.165) is 32.0 Å². The maximum absolute atomic E-state index is 5.59. The summed E-state index contributed by atoms with van der Waals surface area (Å²) in [6.45, 7) is 2.08. The predicted molar refractivity (Wildman–Crippen MR) is 65.3 cm³/mol. The molecule has 80 valence electrons. The van der Waals surface area contributed by atoms with E-state index < -0.39 is 0 Å². The molecule has 0 atom stereocenters. The summed E-state index contributed by atoms with van der Waals surface area (Å²) in [4.78, 5) is 0. The van der Waals surface area contributed by atoms with E-state index in [9.17, 15) is 0 Å². The molecule has 0 fully saturated rings. The van der Waals surface area contributed by atoms with Crippen molar-refractivity contribution in [2.24, 2.45) is 0 Å². The molecule has 0 saturated heterocycles. The molecule has 0 aromatic carbocycles. The molecule has 0 spiro atoms. The first-order valence-electron chi connectivity index (χ1n) is 4.47. The van der Waals surface area contributed by atoms with Gasteiger partial charge in [0.25, 0.3) is 0 Å². The Morgan fingerprint density at radius 2 is 2.20 bits per heavy atom. The Bertz CT molecular complexity index is 441. The molecule has 2 heterocycles. The highest BCUT2D eigenvalue weighted by Gasteiger charge is 2.05. The number of thioether (sulfide) groups is 1. The van der Waals surface area contributed by atoms with E-state index in [2.05, 4.69) is 33.1 Å². The minimum atomic E-state index is 0.807. The van der Waals surface area contributed by atoms with Crippen LogP contribution in [-0.4, -0.2) is 10.2 Å². The van der Waals surface area contributed by atoms with Gasteiger partial charge in [0, 0.05) is 6.42 Å². The van der Waals surface area contributed by atoms with Crippen LogP contribution < -0.4 is 0 Å². The van der Waals surface area contributed by atoms with Gasteiger partial charge in [-0.3, -0.25) is 0 Å². The SMILES string of the molecule is CCc1ccc(CSc2nnc(Br)s2)o1. The highest BCUT2D eigenvalue weighted by atomic mass is 79.9. The van der Waals surface area contributed by atoms with Gasteiger partial charge in [-0.25, -0.2) is 0 Å². The van der Waals surface area contributed by atoms with E-state index >= 15 is 0 Å². The zero-order valence-corrected chi connectivity index (χ0v) is 11.3. The Balaban J connectivity index is 1.93. The Kier molecular flexibility index (Phi) is 3.82. The third kappa shape index (κ3) is 3.06. The lowest BCUT2D eigenvalue weighted by Crippen LogP contribution is -1.76. The van der Waals surface area contributed by atoms with Gasteiger partial charge in [-0.15, -0.1) is 10.2 Å². The number of nitrogens with zero attached hydrogens (tertiary/aromatic N) is 2. The molecule has 0 amide bonds. The number of furan rings is 1. The maximum atomic E-state index is 5.59. The fraction of sp³-hybridized carbons (Fsp3) is 0.333. The second kappa shape index (κ2) is 5.14. The molecule has 0 bridgehead atoms. The fourth-order valence-electron chi connectivity index (χ4n) is 1.07. The van der Waals surface area contributed by atoms with Crippen LogP contribution in [0.5, 0.6) is 0 Å². The van der Waals surface area contributed by atoms with E-state index in [1.807, 2.05) is 12.1 Å². The average Bonchev–Trinajstić information content (AvgIpc) is 2.83. The molecule has 15 heavy (non-hydrogen) atoms. The van der Waals surface area contributed by atoms with Crippen molar-refractivity contribution in [3.8, 4) is 0 Å². The predicted octanol–water partition coefficient (Wildman–Crippen LogP) is 3.75. The van der Waals surface area contributed by atoms with Crippen molar-refractivity contribution in [2.45, 2.75) is 23.4 Å². The lowest BCUT2D eigenvalue weighted by molar-refractivity contribution is 0.485. The Morgan fingerprint density at radius 3 is 2.80 bits per heavy atom. The second-order valence-electron chi connectivity index (χ2n) is 2.83. The summed E-state index contributed by atoms with van der Waals surface area (Å²) in [5.74, 6) is 2.83. The van der Waals surface area contributed by atoms with Gasteiger partial charge in [0.15, 0.2) is 8.26 Å². The first kappa shape index (κ1) is 11.2. The van der Waals surface area contributed by atoms with Crippen molar-refractivity contribution >= 4 is 39.0 Å². The molecule has 2 rings (SSSR count). The Morgan fingerprint density at radius 1 is 1.40 bits per heavy atom. The molecule has 0 N–H and O–H groups in total. The van der Waals surface area contributed by atoms with E-state index in [0.29, 0.717) is 0 Å². The van der Waals surface area contributed by atoms with Gasteiger partial charge in [0.05, 0.1) is 5.75 Å². The van der Waals surface area contributed by atoms with Crippen LogP contribution in [0.25, 0.3) is 0 Å². The topological polar surface area (TPSA) is 38.9 Å². The zero-order chi connectivity index (χ0) is 10.7. The van der Waals surface area contributed by atoms with E-state index in [-0.39, 0.29) is 0 Å². The summed E-state index contributed by atoms with van der Waals surface area (Å²) in [7, 11) is 0.